The van der Waals surface area contributed by atoms with Crippen molar-refractivity contribution in [2.24, 2.45) is 5.92 Å². The zero-order chi connectivity index (χ0) is 12.4. The topological polar surface area (TPSA) is 15.3 Å². The molecule has 1 aromatic heterocycles. The number of hydrogen-bond acceptors (Lipinski definition) is 3. The maximum absolute atomic E-state index is 3.84. The van der Waals surface area contributed by atoms with Crippen molar-refractivity contribution in [3.63, 3.8) is 0 Å². The molecule has 0 saturated carbocycles. The summed E-state index contributed by atoms with van der Waals surface area (Å²) in [6.07, 6.45) is 6.73. The number of nitrogens with zero attached hydrogens (tertiary/aromatic N) is 1. The van der Waals surface area contributed by atoms with E-state index in [1.165, 1.54) is 51.7 Å². The highest BCUT2D eigenvalue weighted by Crippen LogP contribution is 2.33. The van der Waals surface area contributed by atoms with Crippen LogP contribution in [0.1, 0.15) is 42.2 Å². The minimum atomic E-state index is 0.639. The lowest BCUT2D eigenvalue weighted by molar-refractivity contribution is 0.211. The predicted molar refractivity (Wildman–Crippen MR) is 78.2 cm³/mol. The van der Waals surface area contributed by atoms with E-state index in [2.05, 4.69) is 28.7 Å². The second-order valence-corrected chi connectivity index (χ2v) is 6.90. The molecule has 0 spiro atoms. The van der Waals surface area contributed by atoms with Crippen LogP contribution in [0.4, 0.5) is 0 Å². The smallest absolute Gasteiger partial charge is 0.0331 e. The van der Waals surface area contributed by atoms with Gasteiger partial charge in [0.15, 0.2) is 0 Å². The van der Waals surface area contributed by atoms with Crippen molar-refractivity contribution in [1.82, 2.24) is 10.2 Å². The molecule has 0 bridgehead atoms. The molecular formula is C15H24N2S. The third-order valence-electron chi connectivity index (χ3n) is 4.54. The Labute approximate surface area is 114 Å². The minimum Gasteiger partial charge on any atom is -0.310 e. The van der Waals surface area contributed by atoms with Crippen LogP contribution in [0.2, 0.25) is 0 Å². The molecule has 1 N–H and O–H groups in total. The molecule has 1 aliphatic heterocycles. The second kappa shape index (κ2) is 5.72. The van der Waals surface area contributed by atoms with Gasteiger partial charge in [0, 0.05) is 10.9 Å². The molecule has 3 heteroatoms. The summed E-state index contributed by atoms with van der Waals surface area (Å²) >= 11 is 1.94. The molecule has 1 fully saturated rings. The first-order chi connectivity index (χ1) is 8.83. The van der Waals surface area contributed by atoms with Crippen molar-refractivity contribution in [3.8, 4) is 0 Å². The van der Waals surface area contributed by atoms with Crippen LogP contribution in [-0.2, 0) is 6.42 Å². The highest BCUT2D eigenvalue weighted by Gasteiger charge is 2.23. The van der Waals surface area contributed by atoms with Gasteiger partial charge < -0.3 is 10.2 Å². The van der Waals surface area contributed by atoms with E-state index in [0.717, 1.165) is 5.92 Å². The summed E-state index contributed by atoms with van der Waals surface area (Å²) in [5, 5.41) is 6.10. The maximum atomic E-state index is 3.84. The van der Waals surface area contributed by atoms with Gasteiger partial charge >= 0.3 is 0 Å². The molecule has 0 radical (unpaired) electrons. The summed E-state index contributed by atoms with van der Waals surface area (Å²) in [5.74, 6) is 0.894. The lowest BCUT2D eigenvalue weighted by atomic mass is 9.92. The fourth-order valence-electron chi connectivity index (χ4n) is 3.27. The van der Waals surface area contributed by atoms with Gasteiger partial charge in [0.25, 0.3) is 0 Å². The molecule has 100 valence electrons. The maximum Gasteiger partial charge on any atom is 0.0331 e. The molecule has 1 aromatic rings. The lowest BCUT2D eigenvalue weighted by Gasteiger charge is -2.31. The van der Waals surface area contributed by atoms with Crippen LogP contribution >= 0.6 is 11.3 Å². The molecule has 0 aromatic carbocycles. The van der Waals surface area contributed by atoms with Gasteiger partial charge in [-0.3, -0.25) is 0 Å². The van der Waals surface area contributed by atoms with Crippen LogP contribution in [0.3, 0.4) is 0 Å². The Morgan fingerprint density at radius 3 is 3.00 bits per heavy atom. The quantitative estimate of drug-likeness (QED) is 0.902. The van der Waals surface area contributed by atoms with Crippen molar-refractivity contribution in [2.45, 2.75) is 38.1 Å². The van der Waals surface area contributed by atoms with Crippen LogP contribution in [0.25, 0.3) is 0 Å². The second-order valence-electron chi connectivity index (χ2n) is 5.90. The summed E-state index contributed by atoms with van der Waals surface area (Å²) in [6, 6.07) is 2.98. The Kier molecular flexibility index (Phi) is 4.02. The van der Waals surface area contributed by atoms with Crippen LogP contribution in [-0.4, -0.2) is 31.6 Å². The van der Waals surface area contributed by atoms with Gasteiger partial charge in [0.1, 0.15) is 0 Å². The van der Waals surface area contributed by atoms with Crippen molar-refractivity contribution in [1.29, 1.82) is 0 Å². The van der Waals surface area contributed by atoms with E-state index in [9.17, 15) is 0 Å². The molecule has 1 aliphatic carbocycles. The van der Waals surface area contributed by atoms with Gasteiger partial charge in [-0.15, -0.1) is 11.3 Å². The summed E-state index contributed by atoms with van der Waals surface area (Å²) in [5.41, 5.74) is 1.60. The number of fused-ring (bicyclic) bond motifs is 1. The number of rotatable bonds is 3. The van der Waals surface area contributed by atoms with Crippen molar-refractivity contribution < 1.29 is 0 Å². The SMILES string of the molecule is CN1CCC(CNC2CCCc3sccc32)CC1. The van der Waals surface area contributed by atoms with Gasteiger partial charge in [0.05, 0.1) is 0 Å². The number of thiophene rings is 1. The lowest BCUT2D eigenvalue weighted by Crippen LogP contribution is -2.36. The molecule has 2 heterocycles. The van der Waals surface area contributed by atoms with Crippen molar-refractivity contribution in [2.75, 3.05) is 26.7 Å². The van der Waals surface area contributed by atoms with Gasteiger partial charge in [-0.2, -0.15) is 0 Å². The average Bonchev–Trinajstić information content (AvgIpc) is 2.87. The molecule has 1 atom stereocenters. The first-order valence-corrected chi connectivity index (χ1v) is 8.19. The highest BCUT2D eigenvalue weighted by molar-refractivity contribution is 7.10. The van der Waals surface area contributed by atoms with E-state index in [4.69, 9.17) is 0 Å². The number of hydrogen-bond donors (Lipinski definition) is 1. The molecule has 2 nitrogen and oxygen atoms in total. The van der Waals surface area contributed by atoms with Crippen LogP contribution in [0, 0.1) is 5.92 Å². The van der Waals surface area contributed by atoms with Gasteiger partial charge in [-0.1, -0.05) is 0 Å². The molecule has 1 saturated heterocycles. The zero-order valence-electron chi connectivity index (χ0n) is 11.3. The minimum absolute atomic E-state index is 0.639. The Morgan fingerprint density at radius 2 is 2.17 bits per heavy atom. The molecule has 1 unspecified atom stereocenters. The van der Waals surface area contributed by atoms with E-state index in [1.807, 2.05) is 11.3 Å². The molecule has 18 heavy (non-hydrogen) atoms. The number of nitrogens with one attached hydrogen (secondary N) is 1. The summed E-state index contributed by atoms with van der Waals surface area (Å²) in [7, 11) is 2.24. The third-order valence-corrected chi connectivity index (χ3v) is 5.54. The van der Waals surface area contributed by atoms with E-state index < -0.39 is 0 Å². The standard InChI is InChI=1S/C15H24N2S/c1-17-8-5-12(6-9-17)11-16-14-3-2-4-15-13(14)7-10-18-15/h7,10,12,14,16H,2-6,8-9,11H2,1H3. The van der Waals surface area contributed by atoms with Crippen molar-refractivity contribution in [3.05, 3.63) is 21.9 Å². The third kappa shape index (κ3) is 2.79. The van der Waals surface area contributed by atoms with E-state index in [1.54, 1.807) is 10.4 Å². The van der Waals surface area contributed by atoms with E-state index >= 15 is 0 Å². The summed E-state index contributed by atoms with van der Waals surface area (Å²) < 4.78 is 0. The molecule has 0 amide bonds. The molecular weight excluding hydrogens is 240 g/mol. The first-order valence-electron chi connectivity index (χ1n) is 7.31. The number of likely N-dealkylation sites (tertiary alicyclic amines) is 1. The van der Waals surface area contributed by atoms with E-state index in [-0.39, 0.29) is 0 Å². The fraction of sp³-hybridized carbons (Fsp3) is 0.733. The Bertz CT molecular complexity index is 380. The molecule has 2 aliphatic rings. The summed E-state index contributed by atoms with van der Waals surface area (Å²) in [6.45, 7) is 3.77. The molecule has 3 rings (SSSR count). The van der Waals surface area contributed by atoms with Crippen molar-refractivity contribution >= 4 is 11.3 Å². The fourth-order valence-corrected chi connectivity index (χ4v) is 4.26. The van der Waals surface area contributed by atoms with Gasteiger partial charge in [-0.25, -0.2) is 0 Å². The first kappa shape index (κ1) is 12.6. The van der Waals surface area contributed by atoms with Gasteiger partial charge in [-0.05, 0) is 81.7 Å². The monoisotopic (exact) mass is 264 g/mol. The Hall–Kier alpha value is -0.380. The summed E-state index contributed by atoms with van der Waals surface area (Å²) in [4.78, 5) is 4.08. The van der Waals surface area contributed by atoms with Gasteiger partial charge in [0.2, 0.25) is 0 Å². The van der Waals surface area contributed by atoms with Crippen LogP contribution < -0.4 is 5.32 Å². The van der Waals surface area contributed by atoms with Crippen LogP contribution in [0.5, 0.6) is 0 Å². The Balaban J connectivity index is 1.52. The predicted octanol–water partition coefficient (Wildman–Crippen LogP) is 3.06. The van der Waals surface area contributed by atoms with Crippen LogP contribution in [0.15, 0.2) is 11.4 Å². The zero-order valence-corrected chi connectivity index (χ0v) is 12.1. The van der Waals surface area contributed by atoms with E-state index in [0.29, 0.717) is 6.04 Å². The Morgan fingerprint density at radius 1 is 1.33 bits per heavy atom. The largest absolute Gasteiger partial charge is 0.310 e. The highest BCUT2D eigenvalue weighted by atomic mass is 32.1. The normalized spacial score (nSPS) is 26.2. The number of piperidine rings is 1. The average molecular weight is 264 g/mol. The number of aryl methyl sites for hydroxylation is 1.